The van der Waals surface area contributed by atoms with Gasteiger partial charge in [0.05, 0.1) is 16.7 Å². The van der Waals surface area contributed by atoms with Crippen LogP contribution in [0.25, 0.3) is 0 Å². The standard InChI is InChI=1S/C15H19FN2S/c1-5-17-14(15-10(3)18-11(4)19-15)13-7-6-12(16)8-9(13)2/h6-8,14,17H,5H2,1-4H3. The van der Waals surface area contributed by atoms with E-state index in [4.69, 9.17) is 0 Å². The van der Waals surface area contributed by atoms with Gasteiger partial charge in [0, 0.05) is 4.88 Å². The summed E-state index contributed by atoms with van der Waals surface area (Å²) >= 11 is 1.70. The zero-order chi connectivity index (χ0) is 14.0. The molecular weight excluding hydrogens is 259 g/mol. The Balaban J connectivity index is 2.48. The van der Waals surface area contributed by atoms with Crippen molar-refractivity contribution in [3.63, 3.8) is 0 Å². The van der Waals surface area contributed by atoms with Gasteiger partial charge in [0.2, 0.25) is 0 Å². The van der Waals surface area contributed by atoms with Gasteiger partial charge in [0.1, 0.15) is 5.82 Å². The Morgan fingerprint density at radius 1 is 1.32 bits per heavy atom. The van der Waals surface area contributed by atoms with E-state index >= 15 is 0 Å². The van der Waals surface area contributed by atoms with Crippen molar-refractivity contribution in [2.75, 3.05) is 6.54 Å². The Morgan fingerprint density at radius 2 is 2.05 bits per heavy atom. The number of aromatic nitrogens is 1. The van der Waals surface area contributed by atoms with Gasteiger partial charge in [-0.25, -0.2) is 9.37 Å². The molecule has 102 valence electrons. The monoisotopic (exact) mass is 278 g/mol. The second-order valence-corrected chi connectivity index (χ2v) is 5.91. The minimum atomic E-state index is -0.186. The number of aryl methyl sites for hydroxylation is 3. The van der Waals surface area contributed by atoms with E-state index in [1.165, 1.54) is 10.9 Å². The topological polar surface area (TPSA) is 24.9 Å². The molecule has 0 aliphatic carbocycles. The zero-order valence-electron chi connectivity index (χ0n) is 11.7. The fraction of sp³-hybridized carbons (Fsp3) is 0.400. The summed E-state index contributed by atoms with van der Waals surface area (Å²) < 4.78 is 13.3. The van der Waals surface area contributed by atoms with Crippen molar-refractivity contribution in [2.24, 2.45) is 0 Å². The number of hydrogen-bond acceptors (Lipinski definition) is 3. The van der Waals surface area contributed by atoms with Gasteiger partial charge < -0.3 is 5.32 Å². The molecule has 0 saturated carbocycles. The zero-order valence-corrected chi connectivity index (χ0v) is 12.6. The second kappa shape index (κ2) is 5.80. The van der Waals surface area contributed by atoms with E-state index in [0.29, 0.717) is 0 Å². The van der Waals surface area contributed by atoms with Crippen LogP contribution in [0.1, 0.15) is 39.7 Å². The molecule has 0 fully saturated rings. The highest BCUT2D eigenvalue weighted by Gasteiger charge is 2.20. The SMILES string of the molecule is CCNC(c1ccc(F)cc1C)c1sc(C)nc1C. The van der Waals surface area contributed by atoms with Crippen LogP contribution in [0.3, 0.4) is 0 Å². The summed E-state index contributed by atoms with van der Waals surface area (Å²) in [5.74, 6) is -0.186. The minimum Gasteiger partial charge on any atom is -0.306 e. The summed E-state index contributed by atoms with van der Waals surface area (Å²) in [4.78, 5) is 5.71. The van der Waals surface area contributed by atoms with Crippen molar-refractivity contribution in [1.29, 1.82) is 0 Å². The van der Waals surface area contributed by atoms with Crippen LogP contribution in [-0.2, 0) is 0 Å². The van der Waals surface area contributed by atoms with Crippen LogP contribution in [0.15, 0.2) is 18.2 Å². The summed E-state index contributed by atoms with van der Waals surface area (Å²) in [5, 5.41) is 4.54. The average molecular weight is 278 g/mol. The predicted molar refractivity (Wildman–Crippen MR) is 78.2 cm³/mol. The highest BCUT2D eigenvalue weighted by Crippen LogP contribution is 2.31. The summed E-state index contributed by atoms with van der Waals surface area (Å²) in [7, 11) is 0. The molecule has 1 N–H and O–H groups in total. The summed E-state index contributed by atoms with van der Waals surface area (Å²) in [5.41, 5.74) is 3.14. The lowest BCUT2D eigenvalue weighted by atomic mass is 9.99. The van der Waals surface area contributed by atoms with Gasteiger partial charge >= 0.3 is 0 Å². The van der Waals surface area contributed by atoms with E-state index in [0.717, 1.165) is 28.4 Å². The Kier molecular flexibility index (Phi) is 4.32. The molecule has 0 saturated heterocycles. The molecule has 1 aromatic heterocycles. The molecule has 0 spiro atoms. The van der Waals surface area contributed by atoms with Crippen LogP contribution in [0.2, 0.25) is 0 Å². The van der Waals surface area contributed by atoms with Gasteiger partial charge in [-0.1, -0.05) is 13.0 Å². The van der Waals surface area contributed by atoms with E-state index < -0.39 is 0 Å². The highest BCUT2D eigenvalue weighted by molar-refractivity contribution is 7.11. The molecule has 0 aliphatic rings. The highest BCUT2D eigenvalue weighted by atomic mass is 32.1. The first-order chi connectivity index (χ1) is 9.02. The molecule has 1 unspecified atom stereocenters. The number of nitrogens with one attached hydrogen (secondary N) is 1. The molecule has 1 heterocycles. The summed E-state index contributed by atoms with van der Waals surface area (Å²) in [6, 6.07) is 5.07. The number of halogens is 1. The number of thiazole rings is 1. The van der Waals surface area contributed by atoms with Gasteiger partial charge in [-0.15, -0.1) is 11.3 Å². The molecule has 19 heavy (non-hydrogen) atoms. The summed E-state index contributed by atoms with van der Waals surface area (Å²) in [6.45, 7) is 8.93. The maximum Gasteiger partial charge on any atom is 0.123 e. The van der Waals surface area contributed by atoms with Crippen molar-refractivity contribution in [1.82, 2.24) is 10.3 Å². The predicted octanol–water partition coefficient (Wildman–Crippen LogP) is 3.91. The fourth-order valence-electron chi connectivity index (χ4n) is 2.33. The van der Waals surface area contributed by atoms with Gasteiger partial charge in [-0.05, 0) is 50.6 Å². The molecule has 2 rings (SSSR count). The van der Waals surface area contributed by atoms with E-state index in [2.05, 4.69) is 17.2 Å². The number of nitrogens with zero attached hydrogens (tertiary/aromatic N) is 1. The first-order valence-corrected chi connectivity index (χ1v) is 7.28. The molecule has 4 heteroatoms. The van der Waals surface area contributed by atoms with Gasteiger partial charge in [0.25, 0.3) is 0 Å². The van der Waals surface area contributed by atoms with Crippen molar-refractivity contribution in [3.05, 3.63) is 50.7 Å². The third-order valence-electron chi connectivity index (χ3n) is 3.15. The van der Waals surface area contributed by atoms with E-state index in [9.17, 15) is 4.39 Å². The van der Waals surface area contributed by atoms with E-state index in [1.807, 2.05) is 26.8 Å². The average Bonchev–Trinajstić information content (AvgIpc) is 2.66. The van der Waals surface area contributed by atoms with Gasteiger partial charge in [-0.3, -0.25) is 0 Å². The molecule has 0 radical (unpaired) electrons. The maximum absolute atomic E-state index is 13.3. The number of hydrogen-bond donors (Lipinski definition) is 1. The first kappa shape index (κ1) is 14.2. The summed E-state index contributed by atoms with van der Waals surface area (Å²) in [6.07, 6.45) is 0. The van der Waals surface area contributed by atoms with Gasteiger partial charge in [0.15, 0.2) is 0 Å². The van der Waals surface area contributed by atoms with Crippen LogP contribution in [0, 0.1) is 26.6 Å². The molecule has 1 aromatic carbocycles. The van der Waals surface area contributed by atoms with Crippen LogP contribution >= 0.6 is 11.3 Å². The Morgan fingerprint density at radius 3 is 2.58 bits per heavy atom. The number of benzene rings is 1. The molecule has 1 atom stereocenters. The molecular formula is C15H19FN2S. The van der Waals surface area contributed by atoms with Crippen LogP contribution in [-0.4, -0.2) is 11.5 Å². The van der Waals surface area contributed by atoms with Gasteiger partial charge in [-0.2, -0.15) is 0 Å². The van der Waals surface area contributed by atoms with E-state index in [-0.39, 0.29) is 11.9 Å². The smallest absolute Gasteiger partial charge is 0.123 e. The molecule has 0 bridgehead atoms. The first-order valence-electron chi connectivity index (χ1n) is 6.46. The quantitative estimate of drug-likeness (QED) is 0.917. The van der Waals surface area contributed by atoms with Crippen molar-refractivity contribution < 1.29 is 4.39 Å². The second-order valence-electron chi connectivity index (χ2n) is 4.67. The largest absolute Gasteiger partial charge is 0.306 e. The minimum absolute atomic E-state index is 0.0943. The molecule has 0 aliphatic heterocycles. The molecule has 2 aromatic rings. The van der Waals surface area contributed by atoms with E-state index in [1.54, 1.807) is 17.4 Å². The lowest BCUT2D eigenvalue weighted by Gasteiger charge is -2.19. The fourth-order valence-corrected chi connectivity index (χ4v) is 3.35. The number of rotatable bonds is 4. The van der Waals surface area contributed by atoms with Crippen LogP contribution in [0.4, 0.5) is 4.39 Å². The normalized spacial score (nSPS) is 12.7. The van der Waals surface area contributed by atoms with Crippen molar-refractivity contribution in [2.45, 2.75) is 33.7 Å². The molecule has 2 nitrogen and oxygen atoms in total. The molecule has 0 amide bonds. The lowest BCUT2D eigenvalue weighted by Crippen LogP contribution is -2.22. The third kappa shape index (κ3) is 3.01. The Labute approximate surface area is 117 Å². The van der Waals surface area contributed by atoms with Crippen molar-refractivity contribution in [3.8, 4) is 0 Å². The third-order valence-corrected chi connectivity index (χ3v) is 4.29. The van der Waals surface area contributed by atoms with Crippen LogP contribution < -0.4 is 5.32 Å². The maximum atomic E-state index is 13.3. The Hall–Kier alpha value is -1.26. The van der Waals surface area contributed by atoms with Crippen molar-refractivity contribution >= 4 is 11.3 Å². The lowest BCUT2D eigenvalue weighted by molar-refractivity contribution is 0.612. The Bertz CT molecular complexity index is 578. The van der Waals surface area contributed by atoms with Crippen LogP contribution in [0.5, 0.6) is 0 Å².